The van der Waals surface area contributed by atoms with Gasteiger partial charge in [-0.25, -0.2) is 0 Å². The topological polar surface area (TPSA) is 52.6 Å². The minimum atomic E-state index is -4.49. The van der Waals surface area contributed by atoms with Crippen molar-refractivity contribution in [3.05, 3.63) is 30.1 Å². The van der Waals surface area contributed by atoms with E-state index in [4.69, 9.17) is 0 Å². The largest absolute Gasteiger partial charge is 0.418 e. The van der Waals surface area contributed by atoms with Crippen LogP contribution in [0.3, 0.4) is 0 Å². The molecule has 0 N–H and O–H groups in total. The Morgan fingerprint density at radius 3 is 2.58 bits per heavy atom. The summed E-state index contributed by atoms with van der Waals surface area (Å²) in [6, 6.07) is 2.60. The monoisotopic (exact) mass is 463 g/mol. The number of nitrogens with zero attached hydrogens (tertiary/aromatic N) is 5. The summed E-state index contributed by atoms with van der Waals surface area (Å²) in [6.45, 7) is 7.86. The van der Waals surface area contributed by atoms with Crippen LogP contribution in [0.4, 0.5) is 18.9 Å². The van der Waals surface area contributed by atoms with Crippen LogP contribution in [0.1, 0.15) is 31.7 Å². The van der Waals surface area contributed by atoms with E-state index in [1.54, 1.807) is 0 Å². The molecular weight excluding hydrogens is 431 g/mol. The highest BCUT2D eigenvalue weighted by Gasteiger charge is 2.35. The number of hydrogen-bond donors (Lipinski definition) is 0. The van der Waals surface area contributed by atoms with Crippen molar-refractivity contribution in [2.24, 2.45) is 11.8 Å². The molecule has 1 aromatic carbocycles. The molecule has 0 saturated carbocycles. The summed E-state index contributed by atoms with van der Waals surface area (Å²) >= 11 is 0. The molecule has 33 heavy (non-hydrogen) atoms. The van der Waals surface area contributed by atoms with Crippen molar-refractivity contribution in [2.75, 3.05) is 57.8 Å². The number of ketones is 1. The van der Waals surface area contributed by atoms with Crippen LogP contribution >= 0.6 is 0 Å². The smallest absolute Gasteiger partial charge is 0.369 e. The van der Waals surface area contributed by atoms with Gasteiger partial charge in [0.15, 0.2) is 0 Å². The number of aromatic nitrogens is 2. The van der Waals surface area contributed by atoms with Crippen molar-refractivity contribution in [2.45, 2.75) is 32.4 Å². The first-order valence-corrected chi connectivity index (χ1v) is 11.7. The Bertz CT molecular complexity index is 982. The Hall–Kier alpha value is -2.26. The molecule has 3 heterocycles. The number of fused-ring (bicyclic) bond motifs is 1. The van der Waals surface area contributed by atoms with Crippen LogP contribution in [-0.4, -0.2) is 78.4 Å². The van der Waals surface area contributed by atoms with Gasteiger partial charge in [0.25, 0.3) is 0 Å². The number of alkyl halides is 3. The summed E-state index contributed by atoms with van der Waals surface area (Å²) in [5, 5.41) is 0. The maximum atomic E-state index is 13.5. The predicted octanol–water partition coefficient (Wildman–Crippen LogP) is 3.71. The highest BCUT2D eigenvalue weighted by Crippen LogP contribution is 2.38. The van der Waals surface area contributed by atoms with Gasteiger partial charge in [-0.2, -0.15) is 13.2 Å². The Morgan fingerprint density at radius 1 is 1.06 bits per heavy atom. The zero-order valence-electron chi connectivity index (χ0n) is 19.3. The maximum absolute atomic E-state index is 13.5. The summed E-state index contributed by atoms with van der Waals surface area (Å²) in [4.78, 5) is 27.7. The van der Waals surface area contributed by atoms with Gasteiger partial charge in [0.2, 0.25) is 0 Å². The average Bonchev–Trinajstić information content (AvgIpc) is 2.95. The summed E-state index contributed by atoms with van der Waals surface area (Å²) in [5.41, 5.74) is 0.0274. The standard InChI is InChI=1S/C24H32F3N5O/c1-17-12-18(13-19(33)16-31-9-3-8-30(2)10-11-31)15-32(14-17)21-5-4-20(24(25,26)27)22-23(21)29-7-6-28-22/h4-7,17-18H,3,8-16H2,1-2H3/t17-,18-/m0/s1. The summed E-state index contributed by atoms with van der Waals surface area (Å²) in [7, 11) is 2.11. The van der Waals surface area contributed by atoms with Crippen LogP contribution in [0.25, 0.3) is 11.0 Å². The Labute approximate surface area is 192 Å². The van der Waals surface area contributed by atoms with Crippen molar-refractivity contribution in [1.82, 2.24) is 19.8 Å². The van der Waals surface area contributed by atoms with Gasteiger partial charge < -0.3 is 9.80 Å². The average molecular weight is 464 g/mol. The van der Waals surface area contributed by atoms with E-state index in [0.29, 0.717) is 31.1 Å². The van der Waals surface area contributed by atoms with Crippen molar-refractivity contribution in [1.29, 1.82) is 0 Å². The SMILES string of the molecule is C[C@H]1C[C@@H](CC(=O)CN2CCCN(C)CC2)CN(c2ccc(C(F)(F)F)c3nccnc23)C1. The predicted molar refractivity (Wildman–Crippen MR) is 122 cm³/mol. The molecule has 0 bridgehead atoms. The molecule has 180 valence electrons. The molecular formula is C24H32F3N5O. The normalized spacial score (nSPS) is 23.6. The summed E-state index contributed by atoms with van der Waals surface area (Å²) in [6.07, 6.45) is 0.743. The highest BCUT2D eigenvalue weighted by atomic mass is 19.4. The van der Waals surface area contributed by atoms with E-state index in [1.807, 2.05) is 0 Å². The lowest BCUT2D eigenvalue weighted by Gasteiger charge is -2.38. The van der Waals surface area contributed by atoms with Crippen LogP contribution < -0.4 is 4.90 Å². The van der Waals surface area contributed by atoms with E-state index < -0.39 is 11.7 Å². The first-order chi connectivity index (χ1) is 15.7. The molecule has 6 nitrogen and oxygen atoms in total. The van der Waals surface area contributed by atoms with Crippen molar-refractivity contribution in [3.63, 3.8) is 0 Å². The lowest BCUT2D eigenvalue weighted by molar-refractivity contribution is -0.136. The number of carbonyl (C=O) groups excluding carboxylic acids is 1. The lowest BCUT2D eigenvalue weighted by Crippen LogP contribution is -2.41. The highest BCUT2D eigenvalue weighted by molar-refractivity contribution is 5.91. The molecule has 2 aromatic rings. The minimum absolute atomic E-state index is 0.125. The third kappa shape index (κ3) is 5.81. The fourth-order valence-corrected chi connectivity index (χ4v) is 5.25. The Kier molecular flexibility index (Phi) is 7.19. The molecule has 2 atom stereocenters. The fourth-order valence-electron chi connectivity index (χ4n) is 5.25. The number of Topliss-reactive ketones (excluding diaryl/α,β-unsaturated/α-hetero) is 1. The first-order valence-electron chi connectivity index (χ1n) is 11.7. The molecule has 4 rings (SSSR count). The quantitative estimate of drug-likeness (QED) is 0.674. The summed E-state index contributed by atoms with van der Waals surface area (Å²) < 4.78 is 40.4. The van der Waals surface area contributed by atoms with Gasteiger partial charge in [0.05, 0.1) is 17.8 Å². The van der Waals surface area contributed by atoms with Gasteiger partial charge in [-0.1, -0.05) is 6.92 Å². The van der Waals surface area contributed by atoms with E-state index in [0.717, 1.165) is 51.6 Å². The maximum Gasteiger partial charge on any atom is 0.418 e. The summed E-state index contributed by atoms with van der Waals surface area (Å²) in [5.74, 6) is 0.748. The Balaban J connectivity index is 1.48. The third-order valence-corrected chi connectivity index (χ3v) is 6.72. The molecule has 2 saturated heterocycles. The zero-order chi connectivity index (χ0) is 23.6. The van der Waals surface area contributed by atoms with Crippen molar-refractivity contribution in [3.8, 4) is 0 Å². The first kappa shape index (κ1) is 23.9. The molecule has 0 amide bonds. The number of anilines is 1. The van der Waals surface area contributed by atoms with E-state index in [-0.39, 0.29) is 22.7 Å². The number of likely N-dealkylation sites (N-methyl/N-ethyl adjacent to an activating group) is 1. The van der Waals surface area contributed by atoms with Crippen LogP contribution in [0.5, 0.6) is 0 Å². The Morgan fingerprint density at radius 2 is 1.82 bits per heavy atom. The molecule has 0 spiro atoms. The van der Waals surface area contributed by atoms with Crippen LogP contribution in [0, 0.1) is 11.8 Å². The minimum Gasteiger partial charge on any atom is -0.369 e. The second-order valence-corrected chi connectivity index (χ2v) is 9.67. The van der Waals surface area contributed by atoms with Crippen molar-refractivity contribution >= 4 is 22.5 Å². The molecule has 0 aliphatic carbocycles. The number of hydrogen-bond acceptors (Lipinski definition) is 6. The number of halogens is 3. The number of carbonyl (C=O) groups is 1. The molecule has 0 radical (unpaired) electrons. The van der Waals surface area contributed by atoms with Gasteiger partial charge in [-0.3, -0.25) is 19.7 Å². The van der Waals surface area contributed by atoms with Gasteiger partial charge in [0.1, 0.15) is 16.8 Å². The molecule has 9 heteroatoms. The number of benzene rings is 1. The second-order valence-electron chi connectivity index (χ2n) is 9.67. The van der Waals surface area contributed by atoms with Crippen LogP contribution in [0.15, 0.2) is 24.5 Å². The molecule has 2 fully saturated rings. The van der Waals surface area contributed by atoms with E-state index >= 15 is 0 Å². The zero-order valence-corrected chi connectivity index (χ0v) is 19.3. The molecule has 1 aromatic heterocycles. The van der Waals surface area contributed by atoms with Crippen LogP contribution in [-0.2, 0) is 11.0 Å². The van der Waals surface area contributed by atoms with Gasteiger partial charge in [0, 0.05) is 45.0 Å². The van der Waals surface area contributed by atoms with Crippen LogP contribution in [0.2, 0.25) is 0 Å². The van der Waals surface area contributed by atoms with E-state index in [1.165, 1.54) is 18.5 Å². The number of rotatable bonds is 5. The number of piperidine rings is 1. The van der Waals surface area contributed by atoms with E-state index in [2.05, 4.69) is 38.6 Å². The lowest BCUT2D eigenvalue weighted by atomic mass is 9.86. The van der Waals surface area contributed by atoms with Gasteiger partial charge in [-0.05, 0) is 56.9 Å². The second kappa shape index (κ2) is 9.93. The molecule has 2 aliphatic heterocycles. The van der Waals surface area contributed by atoms with Gasteiger partial charge >= 0.3 is 6.18 Å². The van der Waals surface area contributed by atoms with E-state index in [9.17, 15) is 18.0 Å². The third-order valence-electron chi connectivity index (χ3n) is 6.72. The molecule has 0 unspecified atom stereocenters. The molecule has 2 aliphatic rings. The van der Waals surface area contributed by atoms with Crippen molar-refractivity contribution < 1.29 is 18.0 Å². The fraction of sp³-hybridized carbons (Fsp3) is 0.625. The van der Waals surface area contributed by atoms with Gasteiger partial charge in [-0.15, -0.1) is 0 Å².